The van der Waals surface area contributed by atoms with Crippen molar-refractivity contribution in [3.8, 4) is 0 Å². The maximum absolute atomic E-state index is 11.1. The molecule has 0 bridgehead atoms. The zero-order valence-corrected chi connectivity index (χ0v) is 7.29. The lowest BCUT2D eigenvalue weighted by molar-refractivity contribution is 0.101. The van der Waals surface area contributed by atoms with Crippen LogP contribution in [0.1, 0.15) is 29.4 Å². The molecule has 2 rings (SSSR count). The Kier molecular flexibility index (Phi) is 1.89. The van der Waals surface area contributed by atoms with Crippen molar-refractivity contribution in [2.24, 2.45) is 0 Å². The fraction of sp³-hybridized carbons (Fsp3) is 0.500. The molecule has 0 amide bonds. The molecular weight excluding hydrogens is 176 g/mol. The quantitative estimate of drug-likeness (QED) is 0.529. The van der Waals surface area contributed by atoms with Crippen LogP contribution in [0.15, 0.2) is 12.3 Å². The van der Waals surface area contributed by atoms with Crippen molar-refractivity contribution in [1.82, 2.24) is 9.78 Å². The summed E-state index contributed by atoms with van der Waals surface area (Å²) in [7, 11) is 0. The molecule has 0 N–H and O–H groups in total. The highest BCUT2D eigenvalue weighted by atomic mass is 35.5. The van der Waals surface area contributed by atoms with Crippen LogP contribution >= 0.6 is 11.6 Å². The van der Waals surface area contributed by atoms with Crippen molar-refractivity contribution in [2.75, 3.05) is 5.88 Å². The van der Waals surface area contributed by atoms with Gasteiger partial charge in [-0.2, -0.15) is 5.10 Å². The molecule has 0 unspecified atom stereocenters. The molecule has 0 radical (unpaired) electrons. The molecule has 12 heavy (non-hydrogen) atoms. The Morgan fingerprint density at radius 3 is 3.08 bits per heavy atom. The third kappa shape index (κ3) is 1.37. The Labute approximate surface area is 75.3 Å². The highest BCUT2D eigenvalue weighted by Crippen LogP contribution is 2.33. The molecule has 1 heterocycles. The predicted molar refractivity (Wildman–Crippen MR) is 45.5 cm³/mol. The van der Waals surface area contributed by atoms with Gasteiger partial charge in [-0.25, -0.2) is 0 Å². The lowest BCUT2D eigenvalue weighted by atomic mass is 10.3. The van der Waals surface area contributed by atoms with Gasteiger partial charge in [0.25, 0.3) is 0 Å². The van der Waals surface area contributed by atoms with Gasteiger partial charge < -0.3 is 0 Å². The Morgan fingerprint density at radius 1 is 1.75 bits per heavy atom. The molecule has 64 valence electrons. The van der Waals surface area contributed by atoms with Crippen LogP contribution in [-0.4, -0.2) is 21.4 Å². The minimum absolute atomic E-state index is 0.0156. The molecule has 0 aliphatic heterocycles. The second-order valence-corrected chi connectivity index (χ2v) is 3.24. The number of aromatic nitrogens is 2. The molecule has 1 fully saturated rings. The van der Waals surface area contributed by atoms with E-state index in [4.69, 9.17) is 11.6 Å². The topological polar surface area (TPSA) is 34.9 Å². The number of ketones is 1. The molecule has 0 spiro atoms. The summed E-state index contributed by atoms with van der Waals surface area (Å²) < 4.78 is 1.85. The van der Waals surface area contributed by atoms with E-state index in [1.807, 2.05) is 10.9 Å². The molecule has 1 aliphatic rings. The van der Waals surface area contributed by atoms with Crippen molar-refractivity contribution in [3.05, 3.63) is 18.0 Å². The van der Waals surface area contributed by atoms with Crippen molar-refractivity contribution in [2.45, 2.75) is 18.9 Å². The maximum Gasteiger partial charge on any atom is 0.197 e. The van der Waals surface area contributed by atoms with E-state index in [9.17, 15) is 4.79 Å². The van der Waals surface area contributed by atoms with Gasteiger partial charge in [-0.3, -0.25) is 9.48 Å². The van der Waals surface area contributed by atoms with Crippen molar-refractivity contribution < 1.29 is 4.79 Å². The Morgan fingerprint density at radius 2 is 2.50 bits per heavy atom. The van der Waals surface area contributed by atoms with E-state index in [2.05, 4.69) is 5.10 Å². The molecule has 1 aromatic heterocycles. The summed E-state index contributed by atoms with van der Waals surface area (Å²) in [6.45, 7) is 0. The number of carbonyl (C=O) groups excluding carboxylic acids is 1. The number of halogens is 1. The Hall–Kier alpha value is -0.830. The lowest BCUT2D eigenvalue weighted by Gasteiger charge is -1.93. The summed E-state index contributed by atoms with van der Waals surface area (Å²) >= 11 is 5.39. The van der Waals surface area contributed by atoms with Crippen molar-refractivity contribution in [1.29, 1.82) is 0 Å². The van der Waals surface area contributed by atoms with Crippen LogP contribution in [0.2, 0.25) is 0 Å². The molecule has 0 saturated heterocycles. The average molecular weight is 185 g/mol. The summed E-state index contributed by atoms with van der Waals surface area (Å²) in [5, 5.41) is 4.13. The van der Waals surface area contributed by atoms with Gasteiger partial charge in [-0.05, 0) is 18.9 Å². The fourth-order valence-corrected chi connectivity index (χ4v) is 1.23. The van der Waals surface area contributed by atoms with E-state index in [0.29, 0.717) is 11.7 Å². The Bertz CT molecular complexity index is 304. The normalized spacial score (nSPS) is 16.4. The Balaban J connectivity index is 2.17. The van der Waals surface area contributed by atoms with Gasteiger partial charge in [0, 0.05) is 6.20 Å². The molecule has 1 aromatic rings. The van der Waals surface area contributed by atoms with Gasteiger partial charge in [0.1, 0.15) is 5.69 Å². The maximum atomic E-state index is 11.1. The van der Waals surface area contributed by atoms with Crippen LogP contribution in [0.3, 0.4) is 0 Å². The molecular formula is C8H9ClN2O. The van der Waals surface area contributed by atoms with E-state index in [0.717, 1.165) is 0 Å². The first-order valence-corrected chi connectivity index (χ1v) is 4.49. The van der Waals surface area contributed by atoms with E-state index in [1.165, 1.54) is 12.8 Å². The van der Waals surface area contributed by atoms with E-state index in [-0.39, 0.29) is 11.7 Å². The number of hydrogen-bond donors (Lipinski definition) is 0. The average Bonchev–Trinajstić information content (AvgIpc) is 2.83. The number of alkyl halides is 1. The van der Waals surface area contributed by atoms with Gasteiger partial charge in [0.2, 0.25) is 0 Å². The highest BCUT2D eigenvalue weighted by molar-refractivity contribution is 6.30. The number of carbonyl (C=O) groups is 1. The number of rotatable bonds is 3. The first-order chi connectivity index (χ1) is 5.81. The molecule has 3 nitrogen and oxygen atoms in total. The van der Waals surface area contributed by atoms with Crippen LogP contribution in [-0.2, 0) is 0 Å². The standard InChI is InChI=1S/C8H9ClN2O/c9-5-8(12)7-3-4-11(10-7)6-1-2-6/h3-4,6H,1-2,5H2. The van der Waals surface area contributed by atoms with Crippen LogP contribution < -0.4 is 0 Å². The van der Waals surface area contributed by atoms with Crippen LogP contribution in [0.5, 0.6) is 0 Å². The van der Waals surface area contributed by atoms with Crippen molar-refractivity contribution >= 4 is 17.4 Å². The molecule has 1 aliphatic carbocycles. The number of Topliss-reactive ketones (excluding diaryl/α,β-unsaturated/α-hetero) is 1. The van der Waals surface area contributed by atoms with E-state index < -0.39 is 0 Å². The highest BCUT2D eigenvalue weighted by Gasteiger charge is 2.24. The summed E-state index contributed by atoms with van der Waals surface area (Å²) in [6.07, 6.45) is 4.20. The summed E-state index contributed by atoms with van der Waals surface area (Å²) in [6, 6.07) is 2.25. The predicted octanol–water partition coefficient (Wildman–Crippen LogP) is 1.64. The first-order valence-electron chi connectivity index (χ1n) is 3.95. The van der Waals surface area contributed by atoms with Crippen LogP contribution in [0.4, 0.5) is 0 Å². The second-order valence-electron chi connectivity index (χ2n) is 2.97. The van der Waals surface area contributed by atoms with Gasteiger partial charge >= 0.3 is 0 Å². The van der Waals surface area contributed by atoms with E-state index >= 15 is 0 Å². The summed E-state index contributed by atoms with van der Waals surface area (Å²) in [4.78, 5) is 11.1. The van der Waals surface area contributed by atoms with Crippen LogP contribution in [0, 0.1) is 0 Å². The summed E-state index contributed by atoms with van der Waals surface area (Å²) in [5.41, 5.74) is 0.483. The van der Waals surface area contributed by atoms with Crippen molar-refractivity contribution in [3.63, 3.8) is 0 Å². The third-order valence-electron chi connectivity index (χ3n) is 1.94. The smallest absolute Gasteiger partial charge is 0.197 e. The molecule has 0 atom stereocenters. The van der Waals surface area contributed by atoms with Gasteiger partial charge in [0.05, 0.1) is 11.9 Å². The molecule has 4 heteroatoms. The number of hydrogen-bond acceptors (Lipinski definition) is 2. The van der Waals surface area contributed by atoms with Crippen LogP contribution in [0.25, 0.3) is 0 Å². The minimum Gasteiger partial charge on any atom is -0.291 e. The zero-order chi connectivity index (χ0) is 8.55. The van der Waals surface area contributed by atoms with E-state index in [1.54, 1.807) is 6.07 Å². The number of nitrogens with zero attached hydrogens (tertiary/aromatic N) is 2. The fourth-order valence-electron chi connectivity index (χ4n) is 1.10. The first kappa shape index (κ1) is 7.80. The lowest BCUT2D eigenvalue weighted by Crippen LogP contribution is -2.03. The van der Waals surface area contributed by atoms with Gasteiger partial charge in [-0.1, -0.05) is 0 Å². The largest absolute Gasteiger partial charge is 0.291 e. The zero-order valence-electron chi connectivity index (χ0n) is 6.53. The third-order valence-corrected chi connectivity index (χ3v) is 2.18. The van der Waals surface area contributed by atoms with Gasteiger partial charge in [-0.15, -0.1) is 11.6 Å². The molecule has 1 saturated carbocycles. The molecule has 0 aromatic carbocycles. The SMILES string of the molecule is O=C(CCl)c1ccn(C2CC2)n1. The monoisotopic (exact) mass is 184 g/mol. The summed E-state index contributed by atoms with van der Waals surface area (Å²) in [5.74, 6) is -0.0853. The minimum atomic E-state index is -0.101. The van der Waals surface area contributed by atoms with Gasteiger partial charge in [0.15, 0.2) is 5.78 Å². The second kappa shape index (κ2) is 2.90.